The van der Waals surface area contributed by atoms with Crippen LogP contribution in [0.3, 0.4) is 0 Å². The molecule has 1 aromatic rings. The summed E-state index contributed by atoms with van der Waals surface area (Å²) in [4.78, 5) is 17.6. The van der Waals surface area contributed by atoms with Crippen molar-refractivity contribution in [3.63, 3.8) is 0 Å². The van der Waals surface area contributed by atoms with Gasteiger partial charge >= 0.3 is 0 Å². The van der Waals surface area contributed by atoms with E-state index in [0.29, 0.717) is 12.8 Å². The fraction of sp³-hybridized carbons (Fsp3) is 0.692. The largest absolute Gasteiger partial charge is 0.378 e. The highest BCUT2D eigenvalue weighted by Crippen LogP contribution is 2.38. The molecule has 94 valence electrons. The summed E-state index contributed by atoms with van der Waals surface area (Å²) in [7, 11) is 1.71. The second-order valence-electron chi connectivity index (χ2n) is 4.88. The van der Waals surface area contributed by atoms with Crippen molar-refractivity contribution in [3.8, 4) is 0 Å². The van der Waals surface area contributed by atoms with Gasteiger partial charge in [-0.3, -0.25) is 4.79 Å². The van der Waals surface area contributed by atoms with Gasteiger partial charge in [0.05, 0.1) is 17.7 Å². The molecule has 0 spiro atoms. The average Bonchev–Trinajstić information content (AvgIpc) is 2.52. The van der Waals surface area contributed by atoms with Crippen LogP contribution in [0.25, 0.3) is 0 Å². The minimum Gasteiger partial charge on any atom is -0.378 e. The van der Waals surface area contributed by atoms with E-state index in [4.69, 9.17) is 4.74 Å². The predicted molar refractivity (Wildman–Crippen MR) is 68.5 cm³/mol. The number of aryl methyl sites for hydroxylation is 2. The molecule has 1 aliphatic carbocycles. The van der Waals surface area contributed by atoms with Crippen molar-refractivity contribution in [2.45, 2.75) is 51.6 Å². The van der Waals surface area contributed by atoms with E-state index in [9.17, 15) is 4.79 Å². The van der Waals surface area contributed by atoms with Crippen LogP contribution < -0.4 is 0 Å². The van der Waals surface area contributed by atoms with Crippen LogP contribution in [0.15, 0.2) is 0 Å². The summed E-state index contributed by atoms with van der Waals surface area (Å²) in [6, 6.07) is 0. The first-order valence-electron chi connectivity index (χ1n) is 6.04. The number of aromatic nitrogens is 1. The molecule has 0 aromatic carbocycles. The lowest BCUT2D eigenvalue weighted by atomic mass is 9.76. The van der Waals surface area contributed by atoms with Crippen LogP contribution in [-0.2, 0) is 16.0 Å². The lowest BCUT2D eigenvalue weighted by Crippen LogP contribution is -2.41. The van der Waals surface area contributed by atoms with Crippen molar-refractivity contribution in [2.24, 2.45) is 0 Å². The Kier molecular flexibility index (Phi) is 3.64. The first-order chi connectivity index (χ1) is 8.04. The van der Waals surface area contributed by atoms with E-state index in [2.05, 4.69) is 4.98 Å². The molecule has 0 bridgehead atoms. The molecule has 0 radical (unpaired) electrons. The van der Waals surface area contributed by atoms with Crippen LogP contribution in [0.4, 0.5) is 0 Å². The Balaban J connectivity index is 1.93. The highest BCUT2D eigenvalue weighted by atomic mass is 32.1. The Bertz CT molecular complexity index is 396. The predicted octanol–water partition coefficient (Wildman–Crippen LogP) is 2.83. The van der Waals surface area contributed by atoms with E-state index in [0.717, 1.165) is 23.5 Å². The van der Waals surface area contributed by atoms with Crippen molar-refractivity contribution in [3.05, 3.63) is 15.6 Å². The molecule has 17 heavy (non-hydrogen) atoms. The smallest absolute Gasteiger partial charge is 0.142 e. The van der Waals surface area contributed by atoms with Gasteiger partial charge in [-0.15, -0.1) is 11.3 Å². The van der Waals surface area contributed by atoms with Gasteiger partial charge < -0.3 is 4.74 Å². The van der Waals surface area contributed by atoms with Crippen molar-refractivity contribution in [1.29, 1.82) is 0 Å². The van der Waals surface area contributed by atoms with Crippen LogP contribution >= 0.6 is 11.3 Å². The van der Waals surface area contributed by atoms with E-state index in [1.165, 1.54) is 11.3 Å². The summed E-state index contributed by atoms with van der Waals surface area (Å²) in [6.07, 6.45) is 4.22. The highest BCUT2D eigenvalue weighted by Gasteiger charge is 2.38. The van der Waals surface area contributed by atoms with E-state index in [1.807, 2.05) is 13.8 Å². The lowest BCUT2D eigenvalue weighted by molar-refractivity contribution is -0.131. The van der Waals surface area contributed by atoms with E-state index in [-0.39, 0.29) is 11.4 Å². The van der Waals surface area contributed by atoms with Crippen molar-refractivity contribution >= 4 is 17.1 Å². The minimum atomic E-state index is -0.154. The molecule has 0 aliphatic heterocycles. The summed E-state index contributed by atoms with van der Waals surface area (Å²) in [5.74, 6) is 0.250. The lowest BCUT2D eigenvalue weighted by Gasteiger charge is -2.40. The topological polar surface area (TPSA) is 39.2 Å². The number of nitrogens with zero attached hydrogens (tertiary/aromatic N) is 1. The summed E-state index contributed by atoms with van der Waals surface area (Å²) >= 11 is 1.63. The average molecular weight is 253 g/mol. The van der Waals surface area contributed by atoms with Crippen molar-refractivity contribution < 1.29 is 9.53 Å². The molecule has 0 unspecified atom stereocenters. The third-order valence-electron chi connectivity index (χ3n) is 3.64. The molecule has 1 fully saturated rings. The number of hydrogen-bond donors (Lipinski definition) is 0. The maximum atomic E-state index is 12.0. The van der Waals surface area contributed by atoms with Crippen molar-refractivity contribution in [1.82, 2.24) is 4.98 Å². The number of thiazole rings is 1. The minimum absolute atomic E-state index is 0.154. The molecule has 1 aliphatic rings. The number of methoxy groups -OCH3 is 1. The Morgan fingerprint density at radius 1 is 1.47 bits per heavy atom. The fourth-order valence-corrected chi connectivity index (χ4v) is 3.19. The molecular weight excluding hydrogens is 234 g/mol. The maximum Gasteiger partial charge on any atom is 0.142 e. The van der Waals surface area contributed by atoms with Gasteiger partial charge in [0.15, 0.2) is 0 Å². The van der Waals surface area contributed by atoms with Crippen molar-refractivity contribution in [2.75, 3.05) is 7.11 Å². The Labute approximate surface area is 106 Å². The van der Waals surface area contributed by atoms with Gasteiger partial charge in [-0.05, 0) is 33.1 Å². The first-order valence-corrected chi connectivity index (χ1v) is 6.86. The van der Waals surface area contributed by atoms with E-state index in [1.54, 1.807) is 18.4 Å². The van der Waals surface area contributed by atoms with Crippen LogP contribution in [0.5, 0.6) is 0 Å². The third-order valence-corrected chi connectivity index (χ3v) is 4.71. The van der Waals surface area contributed by atoms with Crippen LogP contribution in [0, 0.1) is 13.8 Å². The molecule has 1 aromatic heterocycles. The van der Waals surface area contributed by atoms with Gasteiger partial charge in [-0.25, -0.2) is 4.98 Å². The molecule has 4 heteroatoms. The maximum absolute atomic E-state index is 12.0. The zero-order valence-electron chi connectivity index (χ0n) is 10.7. The van der Waals surface area contributed by atoms with Crippen LogP contribution in [-0.4, -0.2) is 23.5 Å². The molecular formula is C13H19NO2S. The SMILES string of the molecule is COC1(CC(=O)Cc2nc(C)c(C)s2)CCC1. The summed E-state index contributed by atoms with van der Waals surface area (Å²) in [5, 5.41) is 0.940. The second kappa shape index (κ2) is 4.86. The number of ether oxygens (including phenoxy) is 1. The Morgan fingerprint density at radius 2 is 2.18 bits per heavy atom. The number of Topliss-reactive ketones (excluding diaryl/α,β-unsaturated/α-hetero) is 1. The van der Waals surface area contributed by atoms with Gasteiger partial charge in [0.2, 0.25) is 0 Å². The standard InChI is InChI=1S/C13H19NO2S/c1-9-10(2)17-12(14-9)7-11(15)8-13(16-3)5-4-6-13/h4-8H2,1-3H3. The molecule has 3 nitrogen and oxygen atoms in total. The number of carbonyl (C=O) groups excluding carboxylic acids is 1. The number of hydrogen-bond acceptors (Lipinski definition) is 4. The number of carbonyl (C=O) groups is 1. The molecule has 1 heterocycles. The van der Waals surface area contributed by atoms with Gasteiger partial charge in [-0.2, -0.15) is 0 Å². The summed E-state index contributed by atoms with van der Waals surface area (Å²) in [6.45, 7) is 4.03. The molecule has 0 saturated heterocycles. The van der Waals surface area contributed by atoms with Crippen LogP contribution in [0.2, 0.25) is 0 Å². The molecule has 2 rings (SSSR count). The normalized spacial score (nSPS) is 17.8. The molecule has 0 N–H and O–H groups in total. The van der Waals surface area contributed by atoms with Gasteiger partial charge in [0.25, 0.3) is 0 Å². The summed E-state index contributed by atoms with van der Waals surface area (Å²) in [5.41, 5.74) is 0.890. The molecule has 0 atom stereocenters. The Hall–Kier alpha value is -0.740. The molecule has 1 saturated carbocycles. The fourth-order valence-electron chi connectivity index (χ4n) is 2.23. The number of rotatable bonds is 5. The first kappa shape index (κ1) is 12.7. The van der Waals surface area contributed by atoms with Gasteiger partial charge in [0, 0.05) is 18.4 Å². The zero-order valence-corrected chi connectivity index (χ0v) is 11.5. The summed E-state index contributed by atoms with van der Waals surface area (Å²) < 4.78 is 5.47. The van der Waals surface area contributed by atoms with Crippen LogP contribution in [0.1, 0.15) is 41.3 Å². The monoisotopic (exact) mass is 253 g/mol. The zero-order chi connectivity index (χ0) is 12.5. The highest BCUT2D eigenvalue weighted by molar-refractivity contribution is 7.11. The Morgan fingerprint density at radius 3 is 2.59 bits per heavy atom. The third kappa shape index (κ3) is 2.75. The van der Waals surface area contributed by atoms with E-state index >= 15 is 0 Å². The van der Waals surface area contributed by atoms with Gasteiger partial charge in [-0.1, -0.05) is 0 Å². The van der Waals surface area contributed by atoms with Gasteiger partial charge in [0.1, 0.15) is 10.8 Å². The van der Waals surface area contributed by atoms with E-state index < -0.39 is 0 Å². The quantitative estimate of drug-likeness (QED) is 0.810. The second-order valence-corrected chi connectivity index (χ2v) is 6.17. The molecule has 0 amide bonds. The number of ketones is 1.